The van der Waals surface area contributed by atoms with Gasteiger partial charge in [0.25, 0.3) is 0 Å². The van der Waals surface area contributed by atoms with Crippen molar-refractivity contribution < 1.29 is 5.11 Å². The lowest BCUT2D eigenvalue weighted by atomic mass is 9.89. The number of hydrogen-bond acceptors (Lipinski definition) is 3. The van der Waals surface area contributed by atoms with Crippen LogP contribution in [0.3, 0.4) is 0 Å². The first-order chi connectivity index (χ1) is 10.5. The largest absolute Gasteiger partial charge is 0.396 e. The van der Waals surface area contributed by atoms with Crippen LogP contribution in [0, 0.1) is 5.41 Å². The summed E-state index contributed by atoms with van der Waals surface area (Å²) in [6, 6.07) is 8.49. The van der Waals surface area contributed by atoms with Gasteiger partial charge < -0.3 is 5.11 Å². The minimum atomic E-state index is 0.103. The molecule has 0 fully saturated rings. The quantitative estimate of drug-likeness (QED) is 0.796. The van der Waals surface area contributed by atoms with Gasteiger partial charge in [0.05, 0.1) is 17.6 Å². The molecule has 1 aromatic heterocycles. The highest BCUT2D eigenvalue weighted by atomic mass is 16.3. The third kappa shape index (κ3) is 5.26. The van der Waals surface area contributed by atoms with Gasteiger partial charge in [0.15, 0.2) is 0 Å². The molecule has 0 spiro atoms. The van der Waals surface area contributed by atoms with Crippen LogP contribution in [0.25, 0.3) is 5.69 Å². The Morgan fingerprint density at radius 3 is 2.41 bits per heavy atom. The summed E-state index contributed by atoms with van der Waals surface area (Å²) in [6.45, 7) is 6.99. The second-order valence-corrected chi connectivity index (χ2v) is 7.06. The standard InChI is InChI=1S/C18H27N3O/c1-18(2,3)12-5-4-6-15-7-9-17(10-8-15)21-14-16(11-13-22)19-20-21/h7-10,14,22H,4-6,11-13H2,1-3H3. The van der Waals surface area contributed by atoms with Gasteiger partial charge in [-0.1, -0.05) is 44.5 Å². The lowest BCUT2D eigenvalue weighted by Gasteiger charge is -2.17. The highest BCUT2D eigenvalue weighted by Gasteiger charge is 2.09. The van der Waals surface area contributed by atoms with Crippen molar-refractivity contribution in [1.29, 1.82) is 0 Å². The molecular formula is C18H27N3O. The number of hydrogen-bond donors (Lipinski definition) is 1. The number of aliphatic hydroxyl groups is 1. The predicted octanol–water partition coefficient (Wildman–Crippen LogP) is 3.56. The Morgan fingerprint density at radius 2 is 1.77 bits per heavy atom. The average molecular weight is 301 g/mol. The topological polar surface area (TPSA) is 50.9 Å². The minimum absolute atomic E-state index is 0.103. The van der Waals surface area contributed by atoms with E-state index < -0.39 is 0 Å². The zero-order chi connectivity index (χ0) is 16.0. The lowest BCUT2D eigenvalue weighted by molar-refractivity contribution is 0.298. The number of unbranched alkanes of at least 4 members (excludes halogenated alkanes) is 1. The van der Waals surface area contributed by atoms with E-state index in [1.807, 2.05) is 6.20 Å². The van der Waals surface area contributed by atoms with E-state index in [0.29, 0.717) is 11.8 Å². The van der Waals surface area contributed by atoms with Crippen LogP contribution in [-0.2, 0) is 12.8 Å². The third-order valence-electron chi connectivity index (χ3n) is 3.75. The molecule has 1 N–H and O–H groups in total. The van der Waals surface area contributed by atoms with Crippen molar-refractivity contribution in [2.45, 2.75) is 52.9 Å². The van der Waals surface area contributed by atoms with E-state index in [2.05, 4.69) is 55.3 Å². The van der Waals surface area contributed by atoms with E-state index in [0.717, 1.165) is 17.8 Å². The smallest absolute Gasteiger partial charge is 0.0854 e. The maximum atomic E-state index is 8.91. The molecule has 0 aliphatic carbocycles. The monoisotopic (exact) mass is 301 g/mol. The summed E-state index contributed by atoms with van der Waals surface area (Å²) in [5.41, 5.74) is 3.63. The number of aryl methyl sites for hydroxylation is 1. The molecule has 4 nitrogen and oxygen atoms in total. The molecule has 0 saturated carbocycles. The van der Waals surface area contributed by atoms with Crippen LogP contribution >= 0.6 is 0 Å². The fraction of sp³-hybridized carbons (Fsp3) is 0.556. The number of rotatable bonds is 7. The molecule has 0 radical (unpaired) electrons. The highest BCUT2D eigenvalue weighted by Crippen LogP contribution is 2.22. The maximum Gasteiger partial charge on any atom is 0.0854 e. The summed E-state index contributed by atoms with van der Waals surface area (Å²) in [6.07, 6.45) is 7.33. The first kappa shape index (κ1) is 16.7. The highest BCUT2D eigenvalue weighted by molar-refractivity contribution is 5.33. The first-order valence-electron chi connectivity index (χ1n) is 8.09. The third-order valence-corrected chi connectivity index (χ3v) is 3.75. The molecule has 2 rings (SSSR count). The van der Waals surface area contributed by atoms with Gasteiger partial charge in [-0.25, -0.2) is 4.68 Å². The maximum absolute atomic E-state index is 8.91. The van der Waals surface area contributed by atoms with Gasteiger partial charge in [0.1, 0.15) is 0 Å². The van der Waals surface area contributed by atoms with Crippen molar-refractivity contribution in [2.75, 3.05) is 6.61 Å². The summed E-state index contributed by atoms with van der Waals surface area (Å²) in [5, 5.41) is 17.0. The molecule has 0 bridgehead atoms. The summed E-state index contributed by atoms with van der Waals surface area (Å²) in [7, 11) is 0. The van der Waals surface area contributed by atoms with Crippen molar-refractivity contribution in [3.8, 4) is 5.69 Å². The summed E-state index contributed by atoms with van der Waals surface area (Å²) < 4.78 is 1.76. The van der Waals surface area contributed by atoms with E-state index in [1.165, 1.54) is 24.8 Å². The van der Waals surface area contributed by atoms with Gasteiger partial charge in [0.2, 0.25) is 0 Å². The fourth-order valence-electron chi connectivity index (χ4n) is 2.45. The van der Waals surface area contributed by atoms with Crippen molar-refractivity contribution in [2.24, 2.45) is 5.41 Å². The number of nitrogens with zero attached hydrogens (tertiary/aromatic N) is 3. The van der Waals surface area contributed by atoms with Crippen LogP contribution in [0.1, 0.15) is 51.3 Å². The minimum Gasteiger partial charge on any atom is -0.396 e. The van der Waals surface area contributed by atoms with Crippen LogP contribution in [0.2, 0.25) is 0 Å². The summed E-state index contributed by atoms with van der Waals surface area (Å²) >= 11 is 0. The molecule has 0 aliphatic rings. The van der Waals surface area contributed by atoms with Crippen molar-refractivity contribution in [1.82, 2.24) is 15.0 Å². The van der Waals surface area contributed by atoms with Crippen LogP contribution in [0.4, 0.5) is 0 Å². The van der Waals surface area contributed by atoms with Crippen molar-refractivity contribution >= 4 is 0 Å². The molecule has 1 aromatic carbocycles. The van der Waals surface area contributed by atoms with Gasteiger partial charge in [-0.05, 0) is 42.4 Å². The Hall–Kier alpha value is -1.68. The van der Waals surface area contributed by atoms with Gasteiger partial charge in [0, 0.05) is 13.0 Å². The molecule has 0 unspecified atom stereocenters. The Bertz CT molecular complexity index is 567. The Morgan fingerprint density at radius 1 is 1.05 bits per heavy atom. The second-order valence-electron chi connectivity index (χ2n) is 7.06. The van der Waals surface area contributed by atoms with Crippen LogP contribution in [0.5, 0.6) is 0 Å². The van der Waals surface area contributed by atoms with E-state index in [9.17, 15) is 0 Å². The van der Waals surface area contributed by atoms with Crippen LogP contribution < -0.4 is 0 Å². The number of benzene rings is 1. The lowest BCUT2D eigenvalue weighted by Crippen LogP contribution is -2.04. The van der Waals surface area contributed by atoms with Crippen LogP contribution in [-0.4, -0.2) is 26.7 Å². The van der Waals surface area contributed by atoms with E-state index in [1.54, 1.807) is 4.68 Å². The zero-order valence-corrected chi connectivity index (χ0v) is 13.9. The SMILES string of the molecule is CC(C)(C)CCCCc1ccc(-n2cc(CCO)nn2)cc1. The molecule has 2 aromatic rings. The Balaban J connectivity index is 1.87. The zero-order valence-electron chi connectivity index (χ0n) is 13.9. The van der Waals surface area contributed by atoms with Gasteiger partial charge in [-0.3, -0.25) is 0 Å². The van der Waals surface area contributed by atoms with Crippen molar-refractivity contribution in [3.63, 3.8) is 0 Å². The molecule has 0 atom stereocenters. The van der Waals surface area contributed by atoms with Gasteiger partial charge in [-0.15, -0.1) is 5.10 Å². The number of aromatic nitrogens is 3. The molecule has 0 aliphatic heterocycles. The van der Waals surface area contributed by atoms with Gasteiger partial charge in [-0.2, -0.15) is 0 Å². The van der Waals surface area contributed by atoms with E-state index in [-0.39, 0.29) is 6.61 Å². The number of aliphatic hydroxyl groups excluding tert-OH is 1. The summed E-state index contributed by atoms with van der Waals surface area (Å²) in [5.74, 6) is 0. The van der Waals surface area contributed by atoms with E-state index >= 15 is 0 Å². The Labute approximate surface area is 133 Å². The fourth-order valence-corrected chi connectivity index (χ4v) is 2.45. The van der Waals surface area contributed by atoms with Gasteiger partial charge >= 0.3 is 0 Å². The molecule has 120 valence electrons. The molecule has 4 heteroatoms. The predicted molar refractivity (Wildman–Crippen MR) is 89.2 cm³/mol. The normalized spacial score (nSPS) is 11.8. The molecule has 0 saturated heterocycles. The van der Waals surface area contributed by atoms with Crippen LogP contribution in [0.15, 0.2) is 30.5 Å². The average Bonchev–Trinajstić information content (AvgIpc) is 2.92. The Kier molecular flexibility index (Phi) is 5.72. The molecular weight excluding hydrogens is 274 g/mol. The first-order valence-corrected chi connectivity index (χ1v) is 8.09. The van der Waals surface area contributed by atoms with Crippen molar-refractivity contribution in [3.05, 3.63) is 41.7 Å². The molecule has 0 amide bonds. The van der Waals surface area contributed by atoms with E-state index in [4.69, 9.17) is 5.11 Å². The molecule has 1 heterocycles. The molecule has 22 heavy (non-hydrogen) atoms. The summed E-state index contributed by atoms with van der Waals surface area (Å²) in [4.78, 5) is 0. The second kappa shape index (κ2) is 7.54.